The molecule has 0 aromatic heterocycles. The van der Waals surface area contributed by atoms with Gasteiger partial charge in [0.2, 0.25) is 11.8 Å². The molecule has 0 atom stereocenters. The Kier molecular flexibility index (Phi) is 6.47. The first-order chi connectivity index (χ1) is 13.4. The normalized spacial score (nSPS) is 18.9. The maximum atomic E-state index is 12.5. The second kappa shape index (κ2) is 9.02. The Hall–Kier alpha value is -2.66. The van der Waals surface area contributed by atoms with Crippen molar-refractivity contribution >= 4 is 40.6 Å². The van der Waals surface area contributed by atoms with E-state index in [9.17, 15) is 14.4 Å². The van der Waals surface area contributed by atoms with Gasteiger partial charge in [-0.15, -0.1) is 0 Å². The van der Waals surface area contributed by atoms with Crippen molar-refractivity contribution in [3.05, 3.63) is 59.1 Å². The van der Waals surface area contributed by atoms with E-state index >= 15 is 0 Å². The van der Waals surface area contributed by atoms with Crippen molar-refractivity contribution in [1.29, 1.82) is 0 Å². The first kappa shape index (κ1) is 20.1. The average molecular weight is 399 g/mol. The first-order valence-corrected chi connectivity index (χ1v) is 9.78. The predicted molar refractivity (Wildman–Crippen MR) is 111 cm³/mol. The van der Waals surface area contributed by atoms with E-state index in [4.69, 9.17) is 11.6 Å². The third kappa shape index (κ3) is 5.20. The van der Waals surface area contributed by atoms with Gasteiger partial charge in [0, 0.05) is 33.8 Å². The highest BCUT2D eigenvalue weighted by Crippen LogP contribution is 2.30. The Morgan fingerprint density at radius 3 is 1.54 bits per heavy atom. The molecule has 5 nitrogen and oxygen atoms in total. The van der Waals surface area contributed by atoms with Crippen molar-refractivity contribution < 1.29 is 14.4 Å². The van der Waals surface area contributed by atoms with Gasteiger partial charge in [-0.05, 0) is 81.1 Å². The molecule has 2 aromatic rings. The molecule has 0 bridgehead atoms. The van der Waals surface area contributed by atoms with Gasteiger partial charge in [0.1, 0.15) is 0 Å². The average Bonchev–Trinajstić information content (AvgIpc) is 2.70. The Balaban J connectivity index is 1.48. The Morgan fingerprint density at radius 1 is 0.750 bits per heavy atom. The van der Waals surface area contributed by atoms with Crippen molar-refractivity contribution in [2.75, 3.05) is 10.6 Å². The van der Waals surface area contributed by atoms with Crippen LogP contribution in [0.15, 0.2) is 48.5 Å². The molecule has 0 radical (unpaired) electrons. The standard InChI is InChI=1S/C22H23ClN2O3/c1-14(26)15-6-10-19(11-7-15)24-21(27)16-2-4-17(5-3-16)22(28)25-20-12-8-18(23)9-13-20/h6-13,16-17H,2-5H2,1H3,(H,24,27)(H,25,28). The van der Waals surface area contributed by atoms with Gasteiger partial charge in [-0.1, -0.05) is 11.6 Å². The zero-order valence-corrected chi connectivity index (χ0v) is 16.5. The second-order valence-electron chi connectivity index (χ2n) is 7.17. The van der Waals surface area contributed by atoms with Gasteiger partial charge in [0.25, 0.3) is 0 Å². The molecule has 2 aromatic carbocycles. The molecule has 146 valence electrons. The molecule has 28 heavy (non-hydrogen) atoms. The maximum absolute atomic E-state index is 12.5. The lowest BCUT2D eigenvalue weighted by atomic mass is 9.81. The number of carbonyl (C=O) groups excluding carboxylic acids is 3. The van der Waals surface area contributed by atoms with E-state index < -0.39 is 0 Å². The zero-order chi connectivity index (χ0) is 20.1. The van der Waals surface area contributed by atoms with E-state index in [1.807, 2.05) is 0 Å². The lowest BCUT2D eigenvalue weighted by Crippen LogP contribution is -2.32. The third-order valence-corrected chi connectivity index (χ3v) is 5.39. The third-order valence-electron chi connectivity index (χ3n) is 5.14. The molecule has 3 rings (SSSR count). The van der Waals surface area contributed by atoms with Crippen LogP contribution in [-0.2, 0) is 9.59 Å². The van der Waals surface area contributed by atoms with E-state index in [0.29, 0.717) is 42.0 Å². The number of hydrogen-bond acceptors (Lipinski definition) is 3. The van der Waals surface area contributed by atoms with Gasteiger partial charge >= 0.3 is 0 Å². The van der Waals surface area contributed by atoms with Crippen LogP contribution in [0.1, 0.15) is 43.0 Å². The van der Waals surface area contributed by atoms with Crippen molar-refractivity contribution in [1.82, 2.24) is 0 Å². The molecule has 1 fully saturated rings. The summed E-state index contributed by atoms with van der Waals surface area (Å²) in [6, 6.07) is 13.9. The predicted octanol–water partition coefficient (Wildman–Crippen LogP) is 4.93. The molecule has 2 amide bonds. The summed E-state index contributed by atoms with van der Waals surface area (Å²) in [7, 11) is 0. The van der Waals surface area contributed by atoms with Crippen molar-refractivity contribution in [2.45, 2.75) is 32.6 Å². The summed E-state index contributed by atoms with van der Waals surface area (Å²) in [5.74, 6) is -0.247. The number of Topliss-reactive ketones (excluding diaryl/α,β-unsaturated/α-hetero) is 1. The molecule has 1 saturated carbocycles. The molecule has 0 aliphatic heterocycles. The molecule has 6 heteroatoms. The van der Waals surface area contributed by atoms with E-state index in [1.54, 1.807) is 48.5 Å². The number of halogens is 1. The molecular weight excluding hydrogens is 376 g/mol. The van der Waals surface area contributed by atoms with E-state index in [-0.39, 0.29) is 29.4 Å². The van der Waals surface area contributed by atoms with Gasteiger partial charge < -0.3 is 10.6 Å². The van der Waals surface area contributed by atoms with Gasteiger partial charge in [-0.25, -0.2) is 0 Å². The molecule has 1 aliphatic rings. The van der Waals surface area contributed by atoms with Crippen molar-refractivity contribution in [3.8, 4) is 0 Å². The molecule has 0 spiro atoms. The minimum Gasteiger partial charge on any atom is -0.326 e. The number of amides is 2. The monoisotopic (exact) mass is 398 g/mol. The quantitative estimate of drug-likeness (QED) is 0.701. The molecular formula is C22H23ClN2O3. The van der Waals surface area contributed by atoms with Gasteiger partial charge in [0.15, 0.2) is 5.78 Å². The van der Waals surface area contributed by atoms with Gasteiger partial charge in [0.05, 0.1) is 0 Å². The molecule has 0 saturated heterocycles. The van der Waals surface area contributed by atoms with Crippen LogP contribution in [0.25, 0.3) is 0 Å². The first-order valence-electron chi connectivity index (χ1n) is 9.40. The SMILES string of the molecule is CC(=O)c1ccc(NC(=O)C2CCC(C(=O)Nc3ccc(Cl)cc3)CC2)cc1. The number of carbonyl (C=O) groups is 3. The van der Waals surface area contributed by atoms with E-state index in [2.05, 4.69) is 10.6 Å². The minimum absolute atomic E-state index is 0.00641. The summed E-state index contributed by atoms with van der Waals surface area (Å²) < 4.78 is 0. The highest BCUT2D eigenvalue weighted by Gasteiger charge is 2.30. The lowest BCUT2D eigenvalue weighted by molar-refractivity contribution is -0.125. The van der Waals surface area contributed by atoms with Crippen LogP contribution in [0.5, 0.6) is 0 Å². The Morgan fingerprint density at radius 2 is 1.14 bits per heavy atom. The fraction of sp³-hybridized carbons (Fsp3) is 0.318. The largest absolute Gasteiger partial charge is 0.326 e. The summed E-state index contributed by atoms with van der Waals surface area (Å²) in [6.07, 6.45) is 2.72. The Labute approximate surface area is 169 Å². The molecule has 0 unspecified atom stereocenters. The number of rotatable bonds is 5. The summed E-state index contributed by atoms with van der Waals surface area (Å²) >= 11 is 5.86. The van der Waals surface area contributed by atoms with Gasteiger partial charge in [-0.3, -0.25) is 14.4 Å². The number of benzene rings is 2. The smallest absolute Gasteiger partial charge is 0.227 e. The summed E-state index contributed by atoms with van der Waals surface area (Å²) in [6.45, 7) is 1.51. The Bertz CT molecular complexity index is 854. The number of ketones is 1. The molecule has 2 N–H and O–H groups in total. The number of anilines is 2. The van der Waals surface area contributed by atoms with E-state index in [1.165, 1.54) is 6.92 Å². The van der Waals surface area contributed by atoms with Crippen LogP contribution in [0, 0.1) is 11.8 Å². The van der Waals surface area contributed by atoms with E-state index in [0.717, 1.165) is 5.69 Å². The fourth-order valence-corrected chi connectivity index (χ4v) is 3.55. The van der Waals surface area contributed by atoms with Crippen LogP contribution >= 0.6 is 11.6 Å². The van der Waals surface area contributed by atoms with Crippen LogP contribution in [-0.4, -0.2) is 17.6 Å². The molecule has 0 heterocycles. The fourth-order valence-electron chi connectivity index (χ4n) is 3.43. The minimum atomic E-state index is -0.105. The van der Waals surface area contributed by atoms with Crippen molar-refractivity contribution in [3.63, 3.8) is 0 Å². The number of nitrogens with one attached hydrogen (secondary N) is 2. The molecule has 1 aliphatic carbocycles. The lowest BCUT2D eigenvalue weighted by Gasteiger charge is -2.27. The summed E-state index contributed by atoms with van der Waals surface area (Å²) in [5, 5.41) is 6.44. The van der Waals surface area contributed by atoms with Crippen molar-refractivity contribution in [2.24, 2.45) is 11.8 Å². The number of hydrogen-bond donors (Lipinski definition) is 2. The maximum Gasteiger partial charge on any atom is 0.227 e. The topological polar surface area (TPSA) is 75.3 Å². The zero-order valence-electron chi connectivity index (χ0n) is 15.7. The van der Waals surface area contributed by atoms with Crippen LogP contribution in [0.3, 0.4) is 0 Å². The van der Waals surface area contributed by atoms with Gasteiger partial charge in [-0.2, -0.15) is 0 Å². The van der Waals surface area contributed by atoms with Crippen LogP contribution < -0.4 is 10.6 Å². The highest BCUT2D eigenvalue weighted by molar-refractivity contribution is 6.30. The van der Waals surface area contributed by atoms with Crippen LogP contribution in [0.4, 0.5) is 11.4 Å². The second-order valence-corrected chi connectivity index (χ2v) is 7.60. The summed E-state index contributed by atoms with van der Waals surface area (Å²) in [4.78, 5) is 36.2. The van der Waals surface area contributed by atoms with Crippen LogP contribution in [0.2, 0.25) is 5.02 Å². The summed E-state index contributed by atoms with van der Waals surface area (Å²) in [5.41, 5.74) is 2.02. The highest BCUT2D eigenvalue weighted by atomic mass is 35.5.